The summed E-state index contributed by atoms with van der Waals surface area (Å²) < 4.78 is 13.4. The zero-order chi connectivity index (χ0) is 9.84. The molecule has 1 aromatic rings. The minimum absolute atomic E-state index is 0.426. The van der Waals surface area contributed by atoms with E-state index in [9.17, 15) is 4.39 Å². The quantitative estimate of drug-likeness (QED) is 0.579. The highest BCUT2D eigenvalue weighted by Crippen LogP contribution is 2.19. The summed E-state index contributed by atoms with van der Waals surface area (Å²) in [5.41, 5.74) is 1.69. The smallest absolute Gasteiger partial charge is 0.0997 e. The second kappa shape index (κ2) is 4.61. The van der Waals surface area contributed by atoms with Gasteiger partial charge in [-0.05, 0) is 46.4 Å². The van der Waals surface area contributed by atoms with Crippen LogP contribution in [0.5, 0.6) is 0 Å². The zero-order valence-corrected chi connectivity index (χ0v) is 9.43. The van der Waals surface area contributed by atoms with Crippen LogP contribution < -0.4 is 0 Å². The van der Waals surface area contributed by atoms with E-state index >= 15 is 0 Å². The first-order chi connectivity index (χ1) is 6.17. The van der Waals surface area contributed by atoms with Gasteiger partial charge >= 0.3 is 0 Å². The topological polar surface area (TPSA) is 0 Å². The third kappa shape index (κ3) is 2.70. The van der Waals surface area contributed by atoms with Crippen LogP contribution in [0, 0.1) is 21.8 Å². The fourth-order valence-corrected chi connectivity index (χ4v) is 1.67. The molecule has 0 amide bonds. The van der Waals surface area contributed by atoms with Crippen molar-refractivity contribution in [2.45, 2.75) is 6.92 Å². The number of benzene rings is 1. The van der Waals surface area contributed by atoms with E-state index in [0.29, 0.717) is 0 Å². The third-order valence-electron chi connectivity index (χ3n) is 1.76. The van der Waals surface area contributed by atoms with Crippen LogP contribution in [0.3, 0.4) is 0 Å². The van der Waals surface area contributed by atoms with Gasteiger partial charge < -0.3 is 0 Å². The van der Waals surface area contributed by atoms with Crippen molar-refractivity contribution >= 4 is 22.6 Å². The summed E-state index contributed by atoms with van der Waals surface area (Å²) in [4.78, 5) is 0. The summed E-state index contributed by atoms with van der Waals surface area (Å²) >= 11 is 2.17. The van der Waals surface area contributed by atoms with Gasteiger partial charge in [-0.2, -0.15) is 0 Å². The Morgan fingerprint density at radius 2 is 2.23 bits per heavy atom. The Bertz CT molecular complexity index is 338. The van der Waals surface area contributed by atoms with Crippen LogP contribution in [0.2, 0.25) is 0 Å². The molecule has 0 saturated heterocycles. The highest BCUT2D eigenvalue weighted by molar-refractivity contribution is 14.1. The van der Waals surface area contributed by atoms with E-state index in [4.69, 9.17) is 6.42 Å². The monoisotopic (exact) mass is 287 g/mol. The second-order valence-electron chi connectivity index (χ2n) is 2.79. The fraction of sp³-hybridized carbons (Fsp3) is 0.182. The molecule has 0 spiro atoms. The minimum atomic E-state index is -0.426. The van der Waals surface area contributed by atoms with E-state index < -0.39 is 6.67 Å². The molecule has 2 heteroatoms. The third-order valence-corrected chi connectivity index (χ3v) is 2.38. The normalized spacial score (nSPS) is 10.1. The largest absolute Gasteiger partial charge is 0.250 e. The van der Waals surface area contributed by atoms with Crippen molar-refractivity contribution in [1.29, 1.82) is 0 Å². The molecule has 0 aliphatic rings. The molecule has 0 heterocycles. The highest BCUT2D eigenvalue weighted by Gasteiger charge is 2.06. The SMILES string of the molecule is C#Cc1cc(I)cc([C](C)CF)c1. The molecule has 67 valence electrons. The van der Waals surface area contributed by atoms with Gasteiger partial charge in [-0.3, -0.25) is 4.39 Å². The maximum atomic E-state index is 12.3. The molecule has 0 aliphatic carbocycles. The second-order valence-corrected chi connectivity index (χ2v) is 4.03. The first-order valence-electron chi connectivity index (χ1n) is 3.83. The van der Waals surface area contributed by atoms with Gasteiger partial charge in [0.2, 0.25) is 0 Å². The van der Waals surface area contributed by atoms with Crippen molar-refractivity contribution < 1.29 is 4.39 Å². The molecule has 0 saturated carbocycles. The summed E-state index contributed by atoms with van der Waals surface area (Å²) in [7, 11) is 0. The molecule has 0 fully saturated rings. The van der Waals surface area contributed by atoms with Crippen LogP contribution in [-0.2, 0) is 0 Å². The summed E-state index contributed by atoms with van der Waals surface area (Å²) in [6.07, 6.45) is 5.27. The van der Waals surface area contributed by atoms with Crippen LogP contribution in [0.25, 0.3) is 0 Å². The zero-order valence-electron chi connectivity index (χ0n) is 7.27. The Hall–Kier alpha value is -0.560. The van der Waals surface area contributed by atoms with Crippen molar-refractivity contribution in [2.75, 3.05) is 6.67 Å². The maximum Gasteiger partial charge on any atom is 0.0997 e. The molecular formula is C11H9FI. The number of hydrogen-bond donors (Lipinski definition) is 0. The number of hydrogen-bond acceptors (Lipinski definition) is 0. The van der Waals surface area contributed by atoms with Gasteiger partial charge in [0.05, 0.1) is 6.67 Å². The first-order valence-corrected chi connectivity index (χ1v) is 4.91. The molecule has 0 N–H and O–H groups in total. The molecule has 0 nitrogen and oxygen atoms in total. The van der Waals surface area contributed by atoms with E-state index in [1.165, 1.54) is 0 Å². The van der Waals surface area contributed by atoms with E-state index in [-0.39, 0.29) is 0 Å². The van der Waals surface area contributed by atoms with Crippen LogP contribution in [-0.4, -0.2) is 6.67 Å². The molecule has 0 atom stereocenters. The predicted octanol–water partition coefficient (Wildman–Crippen LogP) is 3.18. The standard InChI is InChI=1S/C11H9FI/c1-3-9-4-10(8(2)7-12)6-11(13)5-9/h1,4-6H,7H2,2H3. The molecule has 0 unspecified atom stereocenters. The van der Waals surface area contributed by atoms with Gasteiger partial charge in [-0.1, -0.05) is 12.8 Å². The lowest BCUT2D eigenvalue weighted by atomic mass is 10.0. The van der Waals surface area contributed by atoms with E-state index in [2.05, 4.69) is 28.5 Å². The van der Waals surface area contributed by atoms with Crippen LogP contribution in [0.15, 0.2) is 18.2 Å². The summed E-state index contributed by atoms with van der Waals surface area (Å²) in [6.45, 7) is 1.34. The number of rotatable bonds is 2. The Kier molecular flexibility index (Phi) is 3.73. The Labute approximate surface area is 91.7 Å². The van der Waals surface area contributed by atoms with E-state index in [1.807, 2.05) is 18.2 Å². The Morgan fingerprint density at radius 3 is 2.77 bits per heavy atom. The number of halogens is 2. The summed E-state index contributed by atoms with van der Waals surface area (Å²) in [5.74, 6) is 3.26. The minimum Gasteiger partial charge on any atom is -0.250 e. The Balaban J connectivity index is 3.10. The maximum absolute atomic E-state index is 12.3. The van der Waals surface area contributed by atoms with Crippen LogP contribution in [0.1, 0.15) is 18.1 Å². The van der Waals surface area contributed by atoms with E-state index in [0.717, 1.165) is 20.6 Å². The fourth-order valence-electron chi connectivity index (χ4n) is 0.997. The van der Waals surface area contributed by atoms with Gasteiger partial charge in [0.25, 0.3) is 0 Å². The summed E-state index contributed by atoms with van der Waals surface area (Å²) in [5, 5.41) is 0. The molecular weight excluding hydrogens is 278 g/mol. The lowest BCUT2D eigenvalue weighted by Crippen LogP contribution is -1.97. The molecule has 1 rings (SSSR count). The molecule has 1 radical (unpaired) electrons. The summed E-state index contributed by atoms with van der Waals surface area (Å²) in [6, 6.07) is 5.66. The predicted molar refractivity (Wildman–Crippen MR) is 61.1 cm³/mol. The van der Waals surface area contributed by atoms with E-state index in [1.54, 1.807) is 6.92 Å². The average Bonchev–Trinajstić information content (AvgIpc) is 2.15. The van der Waals surface area contributed by atoms with Gasteiger partial charge in [0, 0.05) is 15.1 Å². The lowest BCUT2D eigenvalue weighted by Gasteiger charge is -2.07. The molecule has 0 aromatic heterocycles. The molecule has 0 bridgehead atoms. The van der Waals surface area contributed by atoms with Crippen molar-refractivity contribution in [3.63, 3.8) is 0 Å². The van der Waals surface area contributed by atoms with Crippen molar-refractivity contribution in [2.24, 2.45) is 0 Å². The van der Waals surface area contributed by atoms with Crippen molar-refractivity contribution in [1.82, 2.24) is 0 Å². The van der Waals surface area contributed by atoms with Crippen LogP contribution >= 0.6 is 22.6 Å². The van der Waals surface area contributed by atoms with Gasteiger partial charge in [-0.15, -0.1) is 6.42 Å². The van der Waals surface area contributed by atoms with Gasteiger partial charge in [-0.25, -0.2) is 0 Å². The molecule has 0 aliphatic heterocycles. The average molecular weight is 287 g/mol. The molecule has 13 heavy (non-hydrogen) atoms. The number of alkyl halides is 1. The molecule has 1 aromatic carbocycles. The van der Waals surface area contributed by atoms with Gasteiger partial charge in [0.1, 0.15) is 0 Å². The van der Waals surface area contributed by atoms with Gasteiger partial charge in [0.15, 0.2) is 0 Å². The lowest BCUT2D eigenvalue weighted by molar-refractivity contribution is 0.516. The van der Waals surface area contributed by atoms with Crippen molar-refractivity contribution in [3.05, 3.63) is 38.8 Å². The van der Waals surface area contributed by atoms with Crippen molar-refractivity contribution in [3.8, 4) is 12.3 Å². The first kappa shape index (κ1) is 10.5. The van der Waals surface area contributed by atoms with Crippen LogP contribution in [0.4, 0.5) is 4.39 Å². The number of terminal acetylenes is 1. The Morgan fingerprint density at radius 1 is 1.54 bits per heavy atom. The highest BCUT2D eigenvalue weighted by atomic mass is 127.